The summed E-state index contributed by atoms with van der Waals surface area (Å²) in [5.74, 6) is -0.203. The minimum atomic E-state index is -0.203. The number of benzene rings is 1. The summed E-state index contributed by atoms with van der Waals surface area (Å²) in [7, 11) is 1.90. The van der Waals surface area contributed by atoms with E-state index in [1.165, 1.54) is 5.56 Å². The third-order valence-electron chi connectivity index (χ3n) is 2.13. The van der Waals surface area contributed by atoms with Crippen molar-refractivity contribution in [2.45, 2.75) is 13.2 Å². The lowest BCUT2D eigenvalue weighted by molar-refractivity contribution is 0.0535. The zero-order valence-electron chi connectivity index (χ0n) is 7.46. The van der Waals surface area contributed by atoms with E-state index in [4.69, 9.17) is 4.74 Å². The van der Waals surface area contributed by atoms with E-state index in [0.717, 1.165) is 12.1 Å². The van der Waals surface area contributed by atoms with E-state index in [-0.39, 0.29) is 5.97 Å². The molecule has 0 aromatic heterocycles. The van der Waals surface area contributed by atoms with Gasteiger partial charge in [-0.05, 0) is 18.7 Å². The van der Waals surface area contributed by atoms with Crippen LogP contribution in [-0.4, -0.2) is 13.0 Å². The van der Waals surface area contributed by atoms with E-state index in [1.54, 1.807) is 0 Å². The second-order valence-electron chi connectivity index (χ2n) is 3.10. The van der Waals surface area contributed by atoms with E-state index in [1.807, 2.05) is 25.2 Å². The van der Waals surface area contributed by atoms with Gasteiger partial charge >= 0.3 is 5.97 Å². The molecule has 1 heterocycles. The zero-order valence-corrected chi connectivity index (χ0v) is 7.46. The summed E-state index contributed by atoms with van der Waals surface area (Å²) < 4.78 is 4.90. The fraction of sp³-hybridized carbons (Fsp3) is 0.300. The molecule has 0 saturated carbocycles. The molecule has 0 spiro atoms. The molecule has 0 unspecified atom stereocenters. The lowest BCUT2D eigenvalue weighted by atomic mass is 10.1. The van der Waals surface area contributed by atoms with Gasteiger partial charge in [0.2, 0.25) is 0 Å². The first kappa shape index (κ1) is 8.26. The molecular weight excluding hydrogens is 166 g/mol. The van der Waals surface area contributed by atoms with Gasteiger partial charge in [-0.25, -0.2) is 4.79 Å². The van der Waals surface area contributed by atoms with E-state index in [9.17, 15) is 4.79 Å². The molecule has 3 nitrogen and oxygen atoms in total. The maximum Gasteiger partial charge on any atom is 0.338 e. The number of cyclic esters (lactones) is 1. The number of hydrogen-bond donors (Lipinski definition) is 1. The lowest BCUT2D eigenvalue weighted by Crippen LogP contribution is -2.05. The molecule has 1 aliphatic heterocycles. The van der Waals surface area contributed by atoms with Crippen molar-refractivity contribution in [3.8, 4) is 0 Å². The van der Waals surface area contributed by atoms with Gasteiger partial charge in [-0.3, -0.25) is 0 Å². The Morgan fingerprint density at radius 3 is 3.15 bits per heavy atom. The summed E-state index contributed by atoms with van der Waals surface area (Å²) in [6.45, 7) is 1.24. The molecule has 2 rings (SSSR count). The third kappa shape index (κ3) is 1.42. The van der Waals surface area contributed by atoms with Crippen molar-refractivity contribution in [1.82, 2.24) is 5.32 Å². The van der Waals surface area contributed by atoms with Crippen LogP contribution in [0.1, 0.15) is 21.5 Å². The van der Waals surface area contributed by atoms with Crippen LogP contribution in [0.15, 0.2) is 18.2 Å². The molecule has 1 N–H and O–H groups in total. The van der Waals surface area contributed by atoms with Gasteiger partial charge in [0.1, 0.15) is 6.61 Å². The maximum absolute atomic E-state index is 11.1. The van der Waals surface area contributed by atoms with E-state index in [2.05, 4.69) is 5.32 Å². The first-order valence-corrected chi connectivity index (χ1v) is 4.25. The molecule has 3 heteroatoms. The van der Waals surface area contributed by atoms with Crippen molar-refractivity contribution >= 4 is 5.97 Å². The number of hydrogen-bond acceptors (Lipinski definition) is 3. The zero-order chi connectivity index (χ0) is 9.26. The molecule has 0 saturated heterocycles. The Morgan fingerprint density at radius 1 is 1.54 bits per heavy atom. The van der Waals surface area contributed by atoms with Crippen molar-refractivity contribution in [2.75, 3.05) is 7.05 Å². The number of esters is 1. The van der Waals surface area contributed by atoms with Gasteiger partial charge in [-0.1, -0.05) is 12.1 Å². The van der Waals surface area contributed by atoms with Crippen LogP contribution >= 0.6 is 0 Å². The number of rotatable bonds is 2. The average molecular weight is 177 g/mol. The molecule has 13 heavy (non-hydrogen) atoms. The van der Waals surface area contributed by atoms with Crippen molar-refractivity contribution in [3.63, 3.8) is 0 Å². The van der Waals surface area contributed by atoms with Gasteiger partial charge in [0.05, 0.1) is 5.56 Å². The molecule has 1 aromatic rings. The van der Waals surface area contributed by atoms with Gasteiger partial charge in [-0.2, -0.15) is 0 Å². The predicted octanol–water partition coefficient (Wildman–Crippen LogP) is 1.08. The Kier molecular flexibility index (Phi) is 2.02. The summed E-state index contributed by atoms with van der Waals surface area (Å²) in [6, 6.07) is 5.79. The summed E-state index contributed by atoms with van der Waals surface area (Å²) in [6.07, 6.45) is 0. The number of nitrogens with one attached hydrogen (secondary N) is 1. The Morgan fingerprint density at radius 2 is 2.38 bits per heavy atom. The second-order valence-corrected chi connectivity index (χ2v) is 3.10. The van der Waals surface area contributed by atoms with Crippen LogP contribution in [0.25, 0.3) is 0 Å². The molecule has 0 bridgehead atoms. The van der Waals surface area contributed by atoms with Crippen molar-refractivity contribution in [2.24, 2.45) is 0 Å². The number of fused-ring (bicyclic) bond motifs is 1. The van der Waals surface area contributed by atoms with Gasteiger partial charge in [0.25, 0.3) is 0 Å². The Bertz CT molecular complexity index is 347. The highest BCUT2D eigenvalue weighted by Gasteiger charge is 2.20. The molecule has 0 atom stereocenters. The monoisotopic (exact) mass is 177 g/mol. The van der Waals surface area contributed by atoms with Crippen LogP contribution in [0.5, 0.6) is 0 Å². The average Bonchev–Trinajstić information content (AvgIpc) is 2.48. The highest BCUT2D eigenvalue weighted by atomic mass is 16.5. The van der Waals surface area contributed by atoms with E-state index >= 15 is 0 Å². The maximum atomic E-state index is 11.1. The van der Waals surface area contributed by atoms with Crippen LogP contribution < -0.4 is 5.32 Å². The van der Waals surface area contributed by atoms with Crippen molar-refractivity contribution < 1.29 is 9.53 Å². The Hall–Kier alpha value is -1.35. The standard InChI is InChI=1S/C10H11NO2/c1-11-5-7-2-3-9-8(4-7)6-13-10(9)12/h2-4,11H,5-6H2,1H3. The molecule has 0 amide bonds. The third-order valence-corrected chi connectivity index (χ3v) is 2.13. The molecular formula is C10H11NO2. The molecule has 0 radical (unpaired) electrons. The molecule has 68 valence electrons. The molecule has 0 fully saturated rings. The summed E-state index contributed by atoms with van der Waals surface area (Å²) in [4.78, 5) is 11.1. The van der Waals surface area contributed by atoms with Gasteiger partial charge in [0.15, 0.2) is 0 Å². The fourth-order valence-electron chi connectivity index (χ4n) is 1.50. The first-order valence-electron chi connectivity index (χ1n) is 4.25. The van der Waals surface area contributed by atoms with Crippen LogP contribution in [0.4, 0.5) is 0 Å². The number of ether oxygens (including phenoxy) is 1. The van der Waals surface area contributed by atoms with E-state index in [0.29, 0.717) is 12.2 Å². The fourth-order valence-corrected chi connectivity index (χ4v) is 1.50. The predicted molar refractivity (Wildman–Crippen MR) is 48.3 cm³/mol. The second kappa shape index (κ2) is 3.18. The Balaban J connectivity index is 2.34. The lowest BCUT2D eigenvalue weighted by Gasteiger charge is -2.00. The number of carbonyl (C=O) groups excluding carboxylic acids is 1. The summed E-state index contributed by atoms with van der Waals surface area (Å²) in [5.41, 5.74) is 2.89. The normalized spacial score (nSPS) is 14.1. The summed E-state index contributed by atoms with van der Waals surface area (Å²) in [5, 5.41) is 3.06. The SMILES string of the molecule is CNCc1ccc2c(c1)COC2=O. The van der Waals surface area contributed by atoms with Crippen LogP contribution in [-0.2, 0) is 17.9 Å². The molecule has 1 aliphatic rings. The van der Waals surface area contributed by atoms with Gasteiger partial charge in [-0.15, -0.1) is 0 Å². The largest absolute Gasteiger partial charge is 0.457 e. The minimum absolute atomic E-state index is 0.203. The van der Waals surface area contributed by atoms with Crippen LogP contribution in [0, 0.1) is 0 Å². The highest BCUT2D eigenvalue weighted by Crippen LogP contribution is 2.20. The van der Waals surface area contributed by atoms with Crippen LogP contribution in [0.3, 0.4) is 0 Å². The molecule has 1 aromatic carbocycles. The van der Waals surface area contributed by atoms with E-state index < -0.39 is 0 Å². The first-order chi connectivity index (χ1) is 6.31. The van der Waals surface area contributed by atoms with Crippen molar-refractivity contribution in [3.05, 3.63) is 34.9 Å². The Labute approximate surface area is 76.7 Å². The van der Waals surface area contributed by atoms with Crippen LogP contribution in [0.2, 0.25) is 0 Å². The smallest absolute Gasteiger partial charge is 0.338 e. The number of carbonyl (C=O) groups is 1. The minimum Gasteiger partial charge on any atom is -0.457 e. The van der Waals surface area contributed by atoms with Crippen molar-refractivity contribution in [1.29, 1.82) is 0 Å². The van der Waals surface area contributed by atoms with Gasteiger partial charge in [0, 0.05) is 12.1 Å². The quantitative estimate of drug-likeness (QED) is 0.687. The molecule has 0 aliphatic carbocycles. The summed E-state index contributed by atoms with van der Waals surface area (Å²) >= 11 is 0. The van der Waals surface area contributed by atoms with Gasteiger partial charge < -0.3 is 10.1 Å². The topological polar surface area (TPSA) is 38.3 Å². The highest BCUT2D eigenvalue weighted by molar-refractivity contribution is 5.93.